The fourth-order valence-corrected chi connectivity index (χ4v) is 4.74. The van der Waals surface area contributed by atoms with Crippen molar-refractivity contribution in [1.82, 2.24) is 0 Å². The van der Waals surface area contributed by atoms with E-state index in [-0.39, 0.29) is 10.8 Å². The van der Waals surface area contributed by atoms with Gasteiger partial charge >= 0.3 is 0 Å². The average molecular weight is 427 g/mol. The van der Waals surface area contributed by atoms with Crippen LogP contribution >= 0.6 is 11.6 Å². The summed E-state index contributed by atoms with van der Waals surface area (Å²) < 4.78 is 28.3. The molecular formula is C22H19ClN2O3S. The van der Waals surface area contributed by atoms with E-state index in [1.807, 2.05) is 25.1 Å². The molecule has 0 aliphatic carbocycles. The molecule has 1 aliphatic heterocycles. The Morgan fingerprint density at radius 1 is 1.03 bits per heavy atom. The minimum absolute atomic E-state index is 0.0902. The highest BCUT2D eigenvalue weighted by atomic mass is 35.5. The van der Waals surface area contributed by atoms with Gasteiger partial charge in [0.25, 0.3) is 15.9 Å². The van der Waals surface area contributed by atoms with Crippen molar-refractivity contribution in [3.8, 4) is 0 Å². The van der Waals surface area contributed by atoms with Crippen LogP contribution in [0.4, 0.5) is 11.4 Å². The summed E-state index contributed by atoms with van der Waals surface area (Å²) >= 11 is 5.99. The van der Waals surface area contributed by atoms with Crippen LogP contribution in [0.25, 0.3) is 0 Å². The highest BCUT2D eigenvalue weighted by Crippen LogP contribution is 2.32. The van der Waals surface area contributed by atoms with Crippen LogP contribution in [0.5, 0.6) is 0 Å². The zero-order valence-corrected chi connectivity index (χ0v) is 17.3. The first-order chi connectivity index (χ1) is 13.8. The number of rotatable bonds is 4. The lowest BCUT2D eigenvalue weighted by Crippen LogP contribution is -2.28. The van der Waals surface area contributed by atoms with Gasteiger partial charge in [-0.25, -0.2) is 8.42 Å². The van der Waals surface area contributed by atoms with Gasteiger partial charge in [-0.3, -0.25) is 9.52 Å². The zero-order valence-electron chi connectivity index (χ0n) is 15.7. The molecule has 0 radical (unpaired) electrons. The van der Waals surface area contributed by atoms with Gasteiger partial charge in [-0.05, 0) is 66.9 Å². The number of aryl methyl sites for hydroxylation is 1. The Morgan fingerprint density at radius 3 is 2.55 bits per heavy atom. The quantitative estimate of drug-likeness (QED) is 0.660. The maximum Gasteiger partial charge on any atom is 0.261 e. The highest BCUT2D eigenvalue weighted by molar-refractivity contribution is 7.92. The number of halogens is 1. The maximum atomic E-state index is 12.9. The third kappa shape index (κ3) is 3.86. The van der Waals surface area contributed by atoms with Gasteiger partial charge in [-0.15, -0.1) is 0 Å². The summed E-state index contributed by atoms with van der Waals surface area (Å²) in [7, 11) is -3.78. The first-order valence-electron chi connectivity index (χ1n) is 9.14. The standard InChI is InChI=1S/C22H19ClN2O3S/c1-15-7-8-18(23)14-20(15)24-29(27,28)19-9-10-21-17(13-19)11-12-25(21)22(26)16-5-3-2-4-6-16/h2-10,13-14,24H,11-12H2,1H3. The molecule has 29 heavy (non-hydrogen) atoms. The molecule has 0 bridgehead atoms. The first-order valence-corrected chi connectivity index (χ1v) is 11.0. The summed E-state index contributed by atoms with van der Waals surface area (Å²) in [5.74, 6) is -0.0902. The van der Waals surface area contributed by atoms with Gasteiger partial charge in [0.2, 0.25) is 0 Å². The molecule has 4 rings (SSSR count). The van der Waals surface area contributed by atoms with Crippen molar-refractivity contribution in [3.05, 3.63) is 88.4 Å². The molecule has 3 aromatic rings. The Morgan fingerprint density at radius 2 is 1.79 bits per heavy atom. The van der Waals surface area contributed by atoms with E-state index < -0.39 is 10.0 Å². The monoisotopic (exact) mass is 426 g/mol. The second-order valence-corrected chi connectivity index (χ2v) is 9.05. The van der Waals surface area contributed by atoms with E-state index in [0.717, 1.165) is 16.8 Å². The molecule has 148 valence electrons. The molecule has 0 unspecified atom stereocenters. The Kier molecular flexibility index (Phi) is 5.06. The topological polar surface area (TPSA) is 66.5 Å². The molecule has 0 fully saturated rings. The Hall–Kier alpha value is -2.83. The van der Waals surface area contributed by atoms with E-state index >= 15 is 0 Å². The number of amides is 1. The number of hydrogen-bond acceptors (Lipinski definition) is 3. The molecule has 0 atom stereocenters. The van der Waals surface area contributed by atoms with Crippen LogP contribution in [-0.4, -0.2) is 20.9 Å². The Bertz CT molecular complexity index is 1190. The molecule has 5 nitrogen and oxygen atoms in total. The molecule has 1 N–H and O–H groups in total. The lowest BCUT2D eigenvalue weighted by Gasteiger charge is -2.18. The van der Waals surface area contributed by atoms with Crippen molar-refractivity contribution in [2.75, 3.05) is 16.2 Å². The van der Waals surface area contributed by atoms with Crippen LogP contribution in [0, 0.1) is 6.92 Å². The van der Waals surface area contributed by atoms with Gasteiger partial charge in [-0.2, -0.15) is 0 Å². The fraction of sp³-hybridized carbons (Fsp3) is 0.136. The van der Waals surface area contributed by atoms with Crippen LogP contribution in [-0.2, 0) is 16.4 Å². The van der Waals surface area contributed by atoms with E-state index in [1.54, 1.807) is 47.4 Å². The number of carbonyl (C=O) groups is 1. The number of hydrogen-bond donors (Lipinski definition) is 1. The second-order valence-electron chi connectivity index (χ2n) is 6.93. The zero-order chi connectivity index (χ0) is 20.6. The summed E-state index contributed by atoms with van der Waals surface area (Å²) in [5, 5.41) is 0.456. The summed E-state index contributed by atoms with van der Waals surface area (Å²) in [5.41, 5.74) is 3.41. The number of benzene rings is 3. The third-order valence-electron chi connectivity index (χ3n) is 4.97. The lowest BCUT2D eigenvalue weighted by atomic mass is 10.1. The molecule has 1 heterocycles. The lowest BCUT2D eigenvalue weighted by molar-refractivity contribution is 0.0989. The predicted octanol–water partition coefficient (Wildman–Crippen LogP) is 4.65. The van der Waals surface area contributed by atoms with Crippen LogP contribution in [0.1, 0.15) is 21.5 Å². The van der Waals surface area contributed by atoms with Gasteiger partial charge in [0, 0.05) is 22.8 Å². The van der Waals surface area contributed by atoms with Crippen molar-refractivity contribution in [2.45, 2.75) is 18.2 Å². The maximum absolute atomic E-state index is 12.9. The highest BCUT2D eigenvalue weighted by Gasteiger charge is 2.27. The molecule has 0 saturated heterocycles. The number of anilines is 2. The summed E-state index contributed by atoms with van der Waals surface area (Å²) in [4.78, 5) is 14.6. The second kappa shape index (κ2) is 7.54. The van der Waals surface area contributed by atoms with Crippen molar-refractivity contribution in [3.63, 3.8) is 0 Å². The summed E-state index contributed by atoms with van der Waals surface area (Å²) in [6, 6.07) is 19.0. The average Bonchev–Trinajstić information content (AvgIpc) is 3.14. The van der Waals surface area contributed by atoms with Crippen molar-refractivity contribution in [1.29, 1.82) is 0 Å². The van der Waals surface area contributed by atoms with E-state index in [4.69, 9.17) is 11.6 Å². The molecule has 7 heteroatoms. The SMILES string of the molecule is Cc1ccc(Cl)cc1NS(=O)(=O)c1ccc2c(c1)CCN2C(=O)c1ccccc1. The number of sulfonamides is 1. The number of nitrogens with zero attached hydrogens (tertiary/aromatic N) is 1. The molecule has 0 saturated carbocycles. The molecular weight excluding hydrogens is 408 g/mol. The van der Waals surface area contributed by atoms with E-state index in [9.17, 15) is 13.2 Å². The van der Waals surface area contributed by atoms with Crippen LogP contribution in [0.3, 0.4) is 0 Å². The van der Waals surface area contributed by atoms with Crippen molar-refractivity contribution in [2.24, 2.45) is 0 Å². The normalized spacial score (nSPS) is 13.2. The predicted molar refractivity (Wildman–Crippen MR) is 115 cm³/mol. The third-order valence-corrected chi connectivity index (χ3v) is 6.56. The molecule has 3 aromatic carbocycles. The van der Waals surface area contributed by atoms with Crippen molar-refractivity contribution < 1.29 is 13.2 Å². The van der Waals surface area contributed by atoms with E-state index in [0.29, 0.717) is 29.2 Å². The molecule has 0 spiro atoms. The van der Waals surface area contributed by atoms with Gasteiger partial charge in [0.05, 0.1) is 10.6 Å². The number of fused-ring (bicyclic) bond motifs is 1. The van der Waals surface area contributed by atoms with Gasteiger partial charge in [0.1, 0.15) is 0 Å². The molecule has 0 aromatic heterocycles. The smallest absolute Gasteiger partial charge is 0.261 e. The van der Waals surface area contributed by atoms with E-state index in [2.05, 4.69) is 4.72 Å². The van der Waals surface area contributed by atoms with Gasteiger partial charge in [0.15, 0.2) is 0 Å². The number of nitrogens with one attached hydrogen (secondary N) is 1. The summed E-state index contributed by atoms with van der Waals surface area (Å²) in [6.45, 7) is 2.33. The first kappa shape index (κ1) is 19.5. The molecule has 1 aliphatic rings. The minimum Gasteiger partial charge on any atom is -0.308 e. The fourth-order valence-electron chi connectivity index (χ4n) is 3.40. The van der Waals surface area contributed by atoms with Gasteiger partial charge < -0.3 is 4.90 Å². The van der Waals surface area contributed by atoms with Crippen LogP contribution in [0.15, 0.2) is 71.6 Å². The molecule has 1 amide bonds. The van der Waals surface area contributed by atoms with Crippen LogP contribution in [0.2, 0.25) is 5.02 Å². The van der Waals surface area contributed by atoms with Crippen molar-refractivity contribution >= 4 is 38.9 Å². The minimum atomic E-state index is -3.78. The largest absolute Gasteiger partial charge is 0.308 e. The summed E-state index contributed by atoms with van der Waals surface area (Å²) in [6.07, 6.45) is 0.605. The van der Waals surface area contributed by atoms with E-state index in [1.165, 1.54) is 6.07 Å². The Labute approximate surface area is 175 Å². The Balaban J connectivity index is 1.62. The van der Waals surface area contributed by atoms with Crippen LogP contribution < -0.4 is 9.62 Å². The number of carbonyl (C=O) groups excluding carboxylic acids is 1. The van der Waals surface area contributed by atoms with Gasteiger partial charge in [-0.1, -0.05) is 35.9 Å².